The summed E-state index contributed by atoms with van der Waals surface area (Å²) in [7, 11) is 0. The number of halogens is 1. The van der Waals surface area contributed by atoms with Crippen molar-refractivity contribution in [1.29, 1.82) is 0 Å². The second-order valence-corrected chi connectivity index (χ2v) is 4.36. The van der Waals surface area contributed by atoms with Gasteiger partial charge in [-0.2, -0.15) is 0 Å². The minimum absolute atomic E-state index is 0.0234. The van der Waals surface area contributed by atoms with Crippen LogP contribution in [0, 0.1) is 5.82 Å². The summed E-state index contributed by atoms with van der Waals surface area (Å²) in [6, 6.07) is 6.01. The average molecular weight is 252 g/mol. The molecular formula is C13H17FN2O2. The summed E-state index contributed by atoms with van der Waals surface area (Å²) in [5, 5.41) is 5.93. The Morgan fingerprint density at radius 1 is 1.44 bits per heavy atom. The van der Waals surface area contributed by atoms with Gasteiger partial charge in [-0.25, -0.2) is 4.39 Å². The lowest BCUT2D eigenvalue weighted by Crippen LogP contribution is -2.29. The maximum Gasteiger partial charge on any atom is 0.250 e. The molecule has 0 saturated carbocycles. The summed E-state index contributed by atoms with van der Waals surface area (Å²) in [4.78, 5) is 11.5. The monoisotopic (exact) mass is 252 g/mol. The van der Waals surface area contributed by atoms with E-state index in [0.717, 1.165) is 19.4 Å². The fourth-order valence-electron chi connectivity index (χ4n) is 1.92. The van der Waals surface area contributed by atoms with Crippen LogP contribution in [0.3, 0.4) is 0 Å². The van der Waals surface area contributed by atoms with Gasteiger partial charge in [0.15, 0.2) is 0 Å². The number of hydrogen-bond acceptors (Lipinski definition) is 3. The molecule has 5 heteroatoms. The maximum atomic E-state index is 12.7. The number of benzene rings is 1. The highest BCUT2D eigenvalue weighted by atomic mass is 19.1. The van der Waals surface area contributed by atoms with Crippen LogP contribution in [0.2, 0.25) is 0 Å². The van der Waals surface area contributed by atoms with E-state index in [1.165, 1.54) is 24.3 Å². The van der Waals surface area contributed by atoms with Crippen molar-refractivity contribution in [2.24, 2.45) is 0 Å². The Hall–Kier alpha value is -1.46. The first-order valence-electron chi connectivity index (χ1n) is 6.10. The Morgan fingerprint density at radius 3 is 2.89 bits per heavy atom. The molecule has 18 heavy (non-hydrogen) atoms. The second kappa shape index (κ2) is 6.47. The molecule has 1 atom stereocenters. The minimum Gasteiger partial charge on any atom is -0.370 e. The molecule has 98 valence electrons. The van der Waals surface area contributed by atoms with Crippen LogP contribution < -0.4 is 10.6 Å². The third-order valence-electron chi connectivity index (χ3n) is 2.84. The first-order chi connectivity index (χ1) is 8.74. The highest BCUT2D eigenvalue weighted by molar-refractivity contribution is 5.91. The molecule has 2 rings (SSSR count). The molecule has 1 aromatic carbocycles. The zero-order chi connectivity index (χ0) is 12.8. The molecule has 0 aliphatic carbocycles. The molecule has 4 nitrogen and oxygen atoms in total. The Morgan fingerprint density at radius 2 is 2.22 bits per heavy atom. The lowest BCUT2D eigenvalue weighted by Gasteiger charge is -2.10. The van der Waals surface area contributed by atoms with E-state index >= 15 is 0 Å². The van der Waals surface area contributed by atoms with Gasteiger partial charge in [-0.1, -0.05) is 0 Å². The normalized spacial score (nSPS) is 18.8. The van der Waals surface area contributed by atoms with Crippen LogP contribution in [-0.4, -0.2) is 31.7 Å². The van der Waals surface area contributed by atoms with Crippen LogP contribution in [0.4, 0.5) is 10.1 Å². The van der Waals surface area contributed by atoms with Gasteiger partial charge in [0, 0.05) is 11.7 Å². The smallest absolute Gasteiger partial charge is 0.250 e. The quantitative estimate of drug-likeness (QED) is 0.835. The molecule has 0 bridgehead atoms. The van der Waals surface area contributed by atoms with Crippen molar-refractivity contribution in [3.05, 3.63) is 30.1 Å². The number of nitrogens with one attached hydrogen (secondary N) is 2. The Kier molecular flexibility index (Phi) is 4.66. The van der Waals surface area contributed by atoms with Crippen molar-refractivity contribution < 1.29 is 13.9 Å². The number of hydrogen-bond donors (Lipinski definition) is 2. The zero-order valence-electron chi connectivity index (χ0n) is 10.1. The van der Waals surface area contributed by atoms with E-state index in [1.807, 2.05) is 0 Å². The lowest BCUT2D eigenvalue weighted by atomic mass is 10.2. The molecule has 0 unspecified atom stereocenters. The van der Waals surface area contributed by atoms with E-state index in [9.17, 15) is 9.18 Å². The van der Waals surface area contributed by atoms with Crippen molar-refractivity contribution in [2.75, 3.05) is 25.1 Å². The topological polar surface area (TPSA) is 50.4 Å². The molecule has 1 fully saturated rings. The predicted octanol–water partition coefficient (Wildman–Crippen LogP) is 1.53. The van der Waals surface area contributed by atoms with Crippen LogP contribution in [0.15, 0.2) is 24.3 Å². The van der Waals surface area contributed by atoms with Crippen molar-refractivity contribution in [2.45, 2.75) is 18.9 Å². The third-order valence-corrected chi connectivity index (χ3v) is 2.84. The van der Waals surface area contributed by atoms with Gasteiger partial charge in [-0.05, 0) is 43.7 Å². The van der Waals surface area contributed by atoms with E-state index in [2.05, 4.69) is 10.6 Å². The summed E-state index contributed by atoms with van der Waals surface area (Å²) in [5.41, 5.74) is 0.573. The first-order valence-corrected chi connectivity index (χ1v) is 6.10. The van der Waals surface area contributed by atoms with Gasteiger partial charge in [-0.3, -0.25) is 4.79 Å². The number of rotatable bonds is 5. The van der Waals surface area contributed by atoms with E-state index in [0.29, 0.717) is 18.3 Å². The molecule has 0 spiro atoms. The molecular weight excluding hydrogens is 235 g/mol. The van der Waals surface area contributed by atoms with E-state index in [4.69, 9.17) is 4.74 Å². The van der Waals surface area contributed by atoms with E-state index < -0.39 is 0 Å². The molecule has 1 aliphatic rings. The Bertz CT molecular complexity index is 388. The standard InChI is InChI=1S/C13H17FN2O2/c14-10-3-5-11(6-4-10)16-13(17)9-18-8-12-2-1-7-15-12/h3-6,12,15H,1-2,7-9H2,(H,16,17)/t12-/m0/s1. The van der Waals surface area contributed by atoms with Gasteiger partial charge in [0.05, 0.1) is 6.61 Å². The van der Waals surface area contributed by atoms with Gasteiger partial charge < -0.3 is 15.4 Å². The number of carbonyl (C=O) groups excluding carboxylic acids is 1. The Labute approximate surface area is 106 Å². The maximum absolute atomic E-state index is 12.7. The summed E-state index contributed by atoms with van der Waals surface area (Å²) < 4.78 is 18.0. The summed E-state index contributed by atoms with van der Waals surface area (Å²) in [6.07, 6.45) is 2.26. The van der Waals surface area contributed by atoms with Crippen LogP contribution >= 0.6 is 0 Å². The molecule has 1 heterocycles. The van der Waals surface area contributed by atoms with Crippen LogP contribution in [0.5, 0.6) is 0 Å². The van der Waals surface area contributed by atoms with Crippen molar-refractivity contribution >= 4 is 11.6 Å². The van der Waals surface area contributed by atoms with Gasteiger partial charge in [0.25, 0.3) is 0 Å². The number of ether oxygens (including phenoxy) is 1. The third kappa shape index (κ3) is 4.09. The lowest BCUT2D eigenvalue weighted by molar-refractivity contribution is -0.120. The minimum atomic E-state index is -0.323. The van der Waals surface area contributed by atoms with E-state index in [1.54, 1.807) is 0 Å². The van der Waals surface area contributed by atoms with Crippen molar-refractivity contribution in [1.82, 2.24) is 5.32 Å². The summed E-state index contributed by atoms with van der Waals surface area (Å²) >= 11 is 0. The molecule has 1 aliphatic heterocycles. The SMILES string of the molecule is O=C(COC[C@@H]1CCCN1)Nc1ccc(F)cc1. The fraction of sp³-hybridized carbons (Fsp3) is 0.462. The molecule has 1 saturated heterocycles. The van der Waals surface area contributed by atoms with Crippen LogP contribution in [0.1, 0.15) is 12.8 Å². The molecule has 1 amide bonds. The molecule has 1 aromatic rings. The van der Waals surface area contributed by atoms with Gasteiger partial charge in [0.2, 0.25) is 5.91 Å². The average Bonchev–Trinajstić information content (AvgIpc) is 2.85. The van der Waals surface area contributed by atoms with Gasteiger partial charge in [0.1, 0.15) is 12.4 Å². The van der Waals surface area contributed by atoms with Gasteiger partial charge in [-0.15, -0.1) is 0 Å². The van der Waals surface area contributed by atoms with Crippen molar-refractivity contribution in [3.63, 3.8) is 0 Å². The number of amides is 1. The van der Waals surface area contributed by atoms with Gasteiger partial charge >= 0.3 is 0 Å². The van der Waals surface area contributed by atoms with Crippen LogP contribution in [0.25, 0.3) is 0 Å². The summed E-state index contributed by atoms with van der Waals surface area (Å²) in [6.45, 7) is 1.60. The zero-order valence-corrected chi connectivity index (χ0v) is 10.1. The first kappa shape index (κ1) is 13.0. The highest BCUT2D eigenvalue weighted by Gasteiger charge is 2.14. The molecule has 0 aromatic heterocycles. The summed E-state index contributed by atoms with van der Waals surface area (Å²) in [5.74, 6) is -0.545. The molecule has 2 N–H and O–H groups in total. The van der Waals surface area contributed by atoms with Crippen molar-refractivity contribution in [3.8, 4) is 0 Å². The Balaban J connectivity index is 1.66. The van der Waals surface area contributed by atoms with E-state index in [-0.39, 0.29) is 18.3 Å². The highest BCUT2D eigenvalue weighted by Crippen LogP contribution is 2.08. The fourth-order valence-corrected chi connectivity index (χ4v) is 1.92. The number of anilines is 1. The largest absolute Gasteiger partial charge is 0.370 e. The number of carbonyl (C=O) groups is 1. The van der Waals surface area contributed by atoms with Crippen LogP contribution in [-0.2, 0) is 9.53 Å². The second-order valence-electron chi connectivity index (χ2n) is 4.36. The molecule has 0 radical (unpaired) electrons. The predicted molar refractivity (Wildman–Crippen MR) is 66.9 cm³/mol.